The highest BCUT2D eigenvalue weighted by Gasteiger charge is 2.37. The van der Waals surface area contributed by atoms with Crippen LogP contribution in [0, 0.1) is 5.82 Å². The van der Waals surface area contributed by atoms with E-state index in [2.05, 4.69) is 4.98 Å². The molecular formula is C18H20FN3O2. The predicted octanol–water partition coefficient (Wildman–Crippen LogP) is 1.82. The summed E-state index contributed by atoms with van der Waals surface area (Å²) in [6.07, 6.45) is 4.05. The fourth-order valence-corrected chi connectivity index (χ4v) is 3.11. The Labute approximate surface area is 140 Å². The molecule has 1 saturated heterocycles. The zero-order chi connectivity index (χ0) is 16.9. The number of amides is 1. The first-order valence-electron chi connectivity index (χ1n) is 8.00. The summed E-state index contributed by atoms with van der Waals surface area (Å²) in [5.41, 5.74) is 1.29. The van der Waals surface area contributed by atoms with Crippen LogP contribution in [0.3, 0.4) is 0 Å². The van der Waals surface area contributed by atoms with Crippen molar-refractivity contribution in [2.45, 2.75) is 19.0 Å². The summed E-state index contributed by atoms with van der Waals surface area (Å²) >= 11 is 0. The zero-order valence-corrected chi connectivity index (χ0v) is 13.3. The molecule has 6 heteroatoms. The maximum atomic E-state index is 14.0. The van der Waals surface area contributed by atoms with E-state index >= 15 is 0 Å². The molecule has 1 aliphatic rings. The van der Waals surface area contributed by atoms with Crippen molar-refractivity contribution >= 4 is 11.6 Å². The third-order valence-corrected chi connectivity index (χ3v) is 4.26. The molecule has 24 heavy (non-hydrogen) atoms. The van der Waals surface area contributed by atoms with Crippen LogP contribution in [0.5, 0.6) is 0 Å². The highest BCUT2D eigenvalue weighted by Crippen LogP contribution is 2.27. The number of rotatable bonds is 6. The molecule has 1 unspecified atom stereocenters. The van der Waals surface area contributed by atoms with Crippen LogP contribution in [0.15, 0.2) is 48.8 Å². The molecular weight excluding hydrogens is 309 g/mol. The molecule has 5 nitrogen and oxygen atoms in total. The third kappa shape index (κ3) is 3.44. The van der Waals surface area contributed by atoms with Gasteiger partial charge in [0.15, 0.2) is 0 Å². The van der Waals surface area contributed by atoms with Gasteiger partial charge in [-0.3, -0.25) is 14.7 Å². The second-order valence-corrected chi connectivity index (χ2v) is 5.80. The van der Waals surface area contributed by atoms with Crippen LogP contribution in [-0.4, -0.2) is 46.6 Å². The highest BCUT2D eigenvalue weighted by molar-refractivity contribution is 5.99. The molecule has 126 valence electrons. The molecule has 1 amide bonds. The number of nitrogens with zero attached hydrogens (tertiary/aromatic N) is 3. The van der Waals surface area contributed by atoms with E-state index in [1.165, 1.54) is 11.0 Å². The minimum absolute atomic E-state index is 0.0380. The van der Waals surface area contributed by atoms with Crippen LogP contribution in [0.25, 0.3) is 0 Å². The second kappa shape index (κ2) is 7.51. The average molecular weight is 329 g/mol. The third-order valence-electron chi connectivity index (χ3n) is 4.26. The standard InChI is InChI=1S/C18H20FN3O2/c19-15-5-1-2-6-16(15)22-9-7-17(18(22)24)21(10-11-23)13-14-4-3-8-20-12-14/h1-6,8,12,17,23H,7,9-11,13H2. The Balaban J connectivity index is 1.77. The number of hydrogen-bond donors (Lipinski definition) is 1. The number of hydrogen-bond acceptors (Lipinski definition) is 4. The monoisotopic (exact) mass is 329 g/mol. The minimum Gasteiger partial charge on any atom is -0.395 e. The predicted molar refractivity (Wildman–Crippen MR) is 88.9 cm³/mol. The van der Waals surface area contributed by atoms with Gasteiger partial charge in [0.25, 0.3) is 0 Å². The molecule has 1 aliphatic heterocycles. The van der Waals surface area contributed by atoms with Crippen LogP contribution >= 0.6 is 0 Å². The lowest BCUT2D eigenvalue weighted by Gasteiger charge is -2.27. The number of halogens is 1. The maximum absolute atomic E-state index is 14.0. The number of aliphatic hydroxyl groups excluding tert-OH is 1. The summed E-state index contributed by atoms with van der Waals surface area (Å²) in [5.74, 6) is -0.523. The number of pyridine rings is 1. The lowest BCUT2D eigenvalue weighted by molar-refractivity contribution is -0.122. The molecule has 0 bridgehead atoms. The number of para-hydroxylation sites is 1. The SMILES string of the molecule is O=C1C(N(CCO)Cc2cccnc2)CCN1c1ccccc1F. The summed E-state index contributed by atoms with van der Waals surface area (Å²) in [7, 11) is 0. The van der Waals surface area contributed by atoms with Gasteiger partial charge in [-0.15, -0.1) is 0 Å². The zero-order valence-electron chi connectivity index (χ0n) is 13.3. The quantitative estimate of drug-likeness (QED) is 0.878. The van der Waals surface area contributed by atoms with Crippen LogP contribution in [0.4, 0.5) is 10.1 Å². The van der Waals surface area contributed by atoms with Crippen LogP contribution in [0.2, 0.25) is 0 Å². The Kier molecular flexibility index (Phi) is 5.17. The second-order valence-electron chi connectivity index (χ2n) is 5.80. The molecule has 0 spiro atoms. The topological polar surface area (TPSA) is 56.7 Å². The van der Waals surface area contributed by atoms with Crippen molar-refractivity contribution in [3.05, 3.63) is 60.2 Å². The number of aromatic nitrogens is 1. The van der Waals surface area contributed by atoms with E-state index in [1.807, 2.05) is 17.0 Å². The van der Waals surface area contributed by atoms with Crippen molar-refractivity contribution in [2.24, 2.45) is 0 Å². The number of carbonyl (C=O) groups excluding carboxylic acids is 1. The molecule has 3 rings (SSSR count). The summed E-state index contributed by atoms with van der Waals surface area (Å²) in [5, 5.41) is 9.35. The van der Waals surface area contributed by atoms with Gasteiger partial charge in [0.2, 0.25) is 5.91 Å². The molecule has 1 aromatic carbocycles. The van der Waals surface area contributed by atoms with Crippen molar-refractivity contribution in [2.75, 3.05) is 24.6 Å². The van der Waals surface area contributed by atoms with Gasteiger partial charge in [0.1, 0.15) is 5.82 Å². The van der Waals surface area contributed by atoms with Crippen molar-refractivity contribution in [1.29, 1.82) is 0 Å². The Morgan fingerprint density at radius 2 is 2.12 bits per heavy atom. The lowest BCUT2D eigenvalue weighted by atomic mass is 10.1. The first-order valence-corrected chi connectivity index (χ1v) is 8.00. The fraction of sp³-hybridized carbons (Fsp3) is 0.333. The van der Waals surface area contributed by atoms with E-state index < -0.39 is 5.82 Å². The average Bonchev–Trinajstić information content (AvgIpc) is 2.97. The molecule has 2 aromatic rings. The van der Waals surface area contributed by atoms with Gasteiger partial charge in [-0.25, -0.2) is 4.39 Å². The number of carbonyl (C=O) groups is 1. The highest BCUT2D eigenvalue weighted by atomic mass is 19.1. The van der Waals surface area contributed by atoms with Crippen molar-refractivity contribution < 1.29 is 14.3 Å². The van der Waals surface area contributed by atoms with Gasteiger partial charge >= 0.3 is 0 Å². The number of anilines is 1. The molecule has 0 saturated carbocycles. The first-order chi connectivity index (χ1) is 11.7. The maximum Gasteiger partial charge on any atom is 0.244 e. The number of aliphatic hydroxyl groups is 1. The molecule has 1 atom stereocenters. The summed E-state index contributed by atoms with van der Waals surface area (Å²) in [4.78, 5) is 20.3. The van der Waals surface area contributed by atoms with Crippen molar-refractivity contribution in [3.63, 3.8) is 0 Å². The van der Waals surface area contributed by atoms with E-state index in [4.69, 9.17) is 0 Å². The normalized spacial score (nSPS) is 17.7. The molecule has 1 N–H and O–H groups in total. The van der Waals surface area contributed by atoms with Crippen molar-refractivity contribution in [3.8, 4) is 0 Å². The Morgan fingerprint density at radius 3 is 2.83 bits per heavy atom. The summed E-state index contributed by atoms with van der Waals surface area (Å²) in [6.45, 7) is 1.34. The van der Waals surface area contributed by atoms with Crippen molar-refractivity contribution in [1.82, 2.24) is 9.88 Å². The minimum atomic E-state index is -0.396. The fourth-order valence-electron chi connectivity index (χ4n) is 3.11. The summed E-state index contributed by atoms with van der Waals surface area (Å²) in [6, 6.07) is 9.72. The first kappa shape index (κ1) is 16.5. The Hall–Kier alpha value is -2.31. The largest absolute Gasteiger partial charge is 0.395 e. The van der Waals surface area contributed by atoms with Crippen LogP contribution < -0.4 is 4.90 Å². The van der Waals surface area contributed by atoms with E-state index in [0.29, 0.717) is 31.7 Å². The van der Waals surface area contributed by atoms with Gasteiger partial charge in [0, 0.05) is 32.0 Å². The molecule has 0 radical (unpaired) electrons. The molecule has 1 aromatic heterocycles. The van der Waals surface area contributed by atoms with E-state index in [-0.39, 0.29) is 18.6 Å². The molecule has 1 fully saturated rings. The Morgan fingerprint density at radius 1 is 1.29 bits per heavy atom. The number of benzene rings is 1. The van der Waals surface area contributed by atoms with Gasteiger partial charge in [-0.2, -0.15) is 0 Å². The van der Waals surface area contributed by atoms with E-state index in [1.54, 1.807) is 30.6 Å². The van der Waals surface area contributed by atoms with E-state index in [0.717, 1.165) is 5.56 Å². The van der Waals surface area contributed by atoms with Gasteiger partial charge in [0.05, 0.1) is 18.3 Å². The van der Waals surface area contributed by atoms with Crippen LogP contribution in [-0.2, 0) is 11.3 Å². The van der Waals surface area contributed by atoms with Gasteiger partial charge < -0.3 is 10.0 Å². The molecule has 0 aliphatic carbocycles. The molecule has 2 heterocycles. The van der Waals surface area contributed by atoms with E-state index in [9.17, 15) is 14.3 Å². The Bertz CT molecular complexity index is 696. The summed E-state index contributed by atoms with van der Waals surface area (Å²) < 4.78 is 14.0. The van der Waals surface area contributed by atoms with Crippen LogP contribution in [0.1, 0.15) is 12.0 Å². The van der Waals surface area contributed by atoms with Gasteiger partial charge in [-0.05, 0) is 30.2 Å². The smallest absolute Gasteiger partial charge is 0.244 e. The lowest BCUT2D eigenvalue weighted by Crippen LogP contribution is -2.43. The van der Waals surface area contributed by atoms with Gasteiger partial charge in [-0.1, -0.05) is 18.2 Å².